The van der Waals surface area contributed by atoms with Gasteiger partial charge in [-0.05, 0) is 29.8 Å². The number of carbonyl (C=O) groups excluding carboxylic acids is 1. The van der Waals surface area contributed by atoms with Crippen molar-refractivity contribution in [2.75, 3.05) is 12.1 Å². The average Bonchev–Trinajstić information content (AvgIpc) is 3.27. The van der Waals surface area contributed by atoms with E-state index in [0.717, 1.165) is 22.7 Å². The van der Waals surface area contributed by atoms with Gasteiger partial charge in [-0.2, -0.15) is 0 Å². The van der Waals surface area contributed by atoms with Crippen LogP contribution in [0.4, 0.5) is 5.82 Å². The maximum Gasteiger partial charge on any atom is 0.231 e. The van der Waals surface area contributed by atoms with Gasteiger partial charge in [-0.3, -0.25) is 14.3 Å². The molecule has 1 amide bonds. The van der Waals surface area contributed by atoms with Crippen LogP contribution in [0.3, 0.4) is 0 Å². The second kappa shape index (κ2) is 5.34. The van der Waals surface area contributed by atoms with Gasteiger partial charge in [0.25, 0.3) is 0 Å². The molecule has 0 saturated heterocycles. The minimum Gasteiger partial charge on any atom is -0.454 e. The van der Waals surface area contributed by atoms with Crippen LogP contribution >= 0.6 is 0 Å². The quantitative estimate of drug-likeness (QED) is 0.779. The van der Waals surface area contributed by atoms with Crippen LogP contribution in [0, 0.1) is 0 Å². The molecule has 3 aromatic rings. The SMILES string of the molecule is O=C1CC(c2ccc3c(c2)OCO3)c2ncn(-c3cccnc3)c2N1. The number of benzene rings is 1. The van der Waals surface area contributed by atoms with E-state index in [-0.39, 0.29) is 18.6 Å². The molecular weight excluding hydrogens is 320 g/mol. The number of aromatic nitrogens is 3. The van der Waals surface area contributed by atoms with E-state index in [4.69, 9.17) is 9.47 Å². The van der Waals surface area contributed by atoms with E-state index < -0.39 is 0 Å². The van der Waals surface area contributed by atoms with E-state index in [1.54, 1.807) is 18.7 Å². The maximum absolute atomic E-state index is 12.3. The Morgan fingerprint density at radius 2 is 2.12 bits per heavy atom. The lowest BCUT2D eigenvalue weighted by molar-refractivity contribution is -0.116. The average molecular weight is 334 g/mol. The molecule has 7 heteroatoms. The van der Waals surface area contributed by atoms with Gasteiger partial charge in [-0.1, -0.05) is 6.07 Å². The number of pyridine rings is 1. The zero-order valence-electron chi connectivity index (χ0n) is 13.2. The molecular formula is C18H14N4O3. The number of hydrogen-bond acceptors (Lipinski definition) is 5. The number of anilines is 1. The first-order valence-corrected chi connectivity index (χ1v) is 7.96. The smallest absolute Gasteiger partial charge is 0.231 e. The maximum atomic E-state index is 12.3. The number of imidazole rings is 1. The Bertz CT molecular complexity index is 968. The molecule has 1 unspecified atom stereocenters. The Balaban J connectivity index is 1.60. The predicted molar refractivity (Wildman–Crippen MR) is 89.0 cm³/mol. The lowest BCUT2D eigenvalue weighted by Crippen LogP contribution is -2.24. The summed E-state index contributed by atoms with van der Waals surface area (Å²) in [6, 6.07) is 9.54. The van der Waals surface area contributed by atoms with Gasteiger partial charge in [0, 0.05) is 18.5 Å². The van der Waals surface area contributed by atoms with E-state index in [2.05, 4.69) is 15.3 Å². The molecule has 2 aromatic heterocycles. The molecule has 7 nitrogen and oxygen atoms in total. The van der Waals surface area contributed by atoms with Crippen molar-refractivity contribution in [2.24, 2.45) is 0 Å². The molecule has 5 rings (SSSR count). The second-order valence-corrected chi connectivity index (χ2v) is 5.98. The van der Waals surface area contributed by atoms with E-state index in [0.29, 0.717) is 18.0 Å². The molecule has 0 radical (unpaired) electrons. The molecule has 0 saturated carbocycles. The van der Waals surface area contributed by atoms with Crippen molar-refractivity contribution >= 4 is 11.7 Å². The van der Waals surface area contributed by atoms with Crippen LogP contribution in [-0.2, 0) is 4.79 Å². The lowest BCUT2D eigenvalue weighted by Gasteiger charge is -2.23. The summed E-state index contributed by atoms with van der Waals surface area (Å²) >= 11 is 0. The van der Waals surface area contributed by atoms with Gasteiger partial charge >= 0.3 is 0 Å². The number of hydrogen-bond donors (Lipinski definition) is 1. The van der Waals surface area contributed by atoms with Crippen molar-refractivity contribution in [1.82, 2.24) is 14.5 Å². The van der Waals surface area contributed by atoms with Crippen LogP contribution in [0.5, 0.6) is 11.5 Å². The number of ether oxygens (including phenoxy) is 2. The van der Waals surface area contributed by atoms with Crippen LogP contribution in [0.2, 0.25) is 0 Å². The Morgan fingerprint density at radius 1 is 1.20 bits per heavy atom. The molecule has 2 aliphatic heterocycles. The monoisotopic (exact) mass is 334 g/mol. The molecule has 4 heterocycles. The van der Waals surface area contributed by atoms with Crippen LogP contribution in [0.15, 0.2) is 49.1 Å². The highest BCUT2D eigenvalue weighted by Crippen LogP contribution is 2.41. The molecule has 1 atom stereocenters. The highest BCUT2D eigenvalue weighted by atomic mass is 16.7. The van der Waals surface area contributed by atoms with Gasteiger partial charge < -0.3 is 14.8 Å². The second-order valence-electron chi connectivity index (χ2n) is 5.98. The van der Waals surface area contributed by atoms with Crippen LogP contribution in [-0.4, -0.2) is 27.2 Å². The van der Waals surface area contributed by atoms with E-state index >= 15 is 0 Å². The Morgan fingerprint density at radius 3 is 3.00 bits per heavy atom. The molecule has 2 aliphatic rings. The van der Waals surface area contributed by atoms with Crippen molar-refractivity contribution in [1.29, 1.82) is 0 Å². The zero-order chi connectivity index (χ0) is 16.8. The normalized spacial score (nSPS) is 17.9. The van der Waals surface area contributed by atoms with Gasteiger partial charge in [0.15, 0.2) is 11.5 Å². The fraction of sp³-hybridized carbons (Fsp3) is 0.167. The number of fused-ring (bicyclic) bond motifs is 2. The number of rotatable bonds is 2. The third kappa shape index (κ3) is 2.24. The first kappa shape index (κ1) is 14.0. The first-order chi connectivity index (χ1) is 12.3. The molecule has 25 heavy (non-hydrogen) atoms. The first-order valence-electron chi connectivity index (χ1n) is 7.96. The lowest BCUT2D eigenvalue weighted by atomic mass is 9.89. The summed E-state index contributed by atoms with van der Waals surface area (Å²) in [6.45, 7) is 0.227. The predicted octanol–water partition coefficient (Wildman–Crippen LogP) is 2.47. The summed E-state index contributed by atoms with van der Waals surface area (Å²) in [5, 5.41) is 2.94. The molecule has 0 bridgehead atoms. The summed E-state index contributed by atoms with van der Waals surface area (Å²) in [4.78, 5) is 21.0. The highest BCUT2D eigenvalue weighted by molar-refractivity contribution is 5.94. The highest BCUT2D eigenvalue weighted by Gasteiger charge is 2.32. The van der Waals surface area contributed by atoms with Crippen LogP contribution in [0.25, 0.3) is 5.69 Å². The summed E-state index contributed by atoms with van der Waals surface area (Å²) in [7, 11) is 0. The van der Waals surface area contributed by atoms with Crippen molar-refractivity contribution in [3.63, 3.8) is 0 Å². The fourth-order valence-corrected chi connectivity index (χ4v) is 3.30. The molecule has 1 aromatic carbocycles. The molecule has 0 spiro atoms. The van der Waals surface area contributed by atoms with Gasteiger partial charge in [-0.25, -0.2) is 4.98 Å². The molecule has 0 aliphatic carbocycles. The Kier molecular flexibility index (Phi) is 3.00. The zero-order valence-corrected chi connectivity index (χ0v) is 13.2. The van der Waals surface area contributed by atoms with Crippen molar-refractivity contribution < 1.29 is 14.3 Å². The van der Waals surface area contributed by atoms with Crippen molar-refractivity contribution in [3.05, 3.63) is 60.3 Å². The topological polar surface area (TPSA) is 78.3 Å². The number of nitrogens with one attached hydrogen (secondary N) is 1. The summed E-state index contributed by atoms with van der Waals surface area (Å²) in [5.41, 5.74) is 2.67. The summed E-state index contributed by atoms with van der Waals surface area (Å²) in [6.07, 6.45) is 5.50. The summed E-state index contributed by atoms with van der Waals surface area (Å²) < 4.78 is 12.7. The van der Waals surface area contributed by atoms with Crippen molar-refractivity contribution in [2.45, 2.75) is 12.3 Å². The van der Waals surface area contributed by atoms with Gasteiger partial charge in [0.2, 0.25) is 12.7 Å². The summed E-state index contributed by atoms with van der Waals surface area (Å²) in [5.74, 6) is 1.95. The Hall–Kier alpha value is -3.35. The molecule has 0 fully saturated rings. The number of nitrogens with zero attached hydrogens (tertiary/aromatic N) is 3. The van der Waals surface area contributed by atoms with E-state index in [9.17, 15) is 4.79 Å². The minimum absolute atomic E-state index is 0.0409. The van der Waals surface area contributed by atoms with E-state index in [1.807, 2.05) is 34.9 Å². The Labute approximate surface area is 143 Å². The molecule has 1 N–H and O–H groups in total. The fourth-order valence-electron chi connectivity index (χ4n) is 3.30. The minimum atomic E-state index is -0.129. The largest absolute Gasteiger partial charge is 0.454 e. The molecule has 124 valence electrons. The van der Waals surface area contributed by atoms with Crippen molar-refractivity contribution in [3.8, 4) is 17.2 Å². The van der Waals surface area contributed by atoms with Gasteiger partial charge in [-0.15, -0.1) is 0 Å². The standard InChI is InChI=1S/C18H14N4O3/c23-16-7-13(11-3-4-14-15(6-11)25-10-24-14)17-18(21-16)22(9-20-17)12-2-1-5-19-8-12/h1-6,8-9,13H,7,10H2,(H,21,23). The third-order valence-corrected chi connectivity index (χ3v) is 4.50. The van der Waals surface area contributed by atoms with Gasteiger partial charge in [0.05, 0.1) is 17.6 Å². The number of carbonyl (C=O) groups is 1. The van der Waals surface area contributed by atoms with E-state index in [1.165, 1.54) is 0 Å². The number of amides is 1. The van der Waals surface area contributed by atoms with Gasteiger partial charge in [0.1, 0.15) is 12.1 Å². The van der Waals surface area contributed by atoms with Crippen LogP contribution < -0.4 is 14.8 Å². The van der Waals surface area contributed by atoms with Crippen LogP contribution in [0.1, 0.15) is 23.6 Å². The third-order valence-electron chi connectivity index (χ3n) is 4.50.